The summed E-state index contributed by atoms with van der Waals surface area (Å²) in [5.41, 5.74) is 2.76. The van der Waals surface area contributed by atoms with Crippen molar-refractivity contribution in [1.82, 2.24) is 15.3 Å². The zero-order valence-corrected chi connectivity index (χ0v) is 15.5. The summed E-state index contributed by atoms with van der Waals surface area (Å²) < 4.78 is 0. The Labute approximate surface area is 161 Å². The lowest BCUT2D eigenvalue weighted by Gasteiger charge is -2.10. The van der Waals surface area contributed by atoms with Crippen LogP contribution in [0.15, 0.2) is 54.7 Å². The van der Waals surface area contributed by atoms with Crippen LogP contribution >= 0.6 is 23.2 Å². The molecule has 0 unspecified atom stereocenters. The Balaban J connectivity index is 1.71. The molecule has 3 rings (SSSR count). The van der Waals surface area contributed by atoms with E-state index in [0.29, 0.717) is 22.5 Å². The van der Waals surface area contributed by atoms with Gasteiger partial charge in [0.1, 0.15) is 5.69 Å². The van der Waals surface area contributed by atoms with Crippen LogP contribution < -0.4 is 10.6 Å². The second kappa shape index (κ2) is 8.17. The number of nitrogens with zero attached hydrogens (tertiary/aromatic N) is 2. The Morgan fingerprint density at radius 2 is 1.81 bits per heavy atom. The summed E-state index contributed by atoms with van der Waals surface area (Å²) in [6.45, 7) is 2.21. The fraction of sp³-hybridized carbons (Fsp3) is 0.105. The molecule has 0 saturated heterocycles. The zero-order chi connectivity index (χ0) is 18.5. The van der Waals surface area contributed by atoms with Crippen molar-refractivity contribution in [3.63, 3.8) is 0 Å². The van der Waals surface area contributed by atoms with Crippen LogP contribution in [0.2, 0.25) is 10.0 Å². The third-order valence-corrected chi connectivity index (χ3v) is 4.58. The molecule has 0 spiro atoms. The third-order valence-electron chi connectivity index (χ3n) is 3.80. The van der Waals surface area contributed by atoms with Crippen molar-refractivity contribution < 1.29 is 4.79 Å². The number of nitrogens with one attached hydrogen (secondary N) is 2. The zero-order valence-electron chi connectivity index (χ0n) is 14.0. The number of aromatic nitrogens is 2. The molecule has 3 aromatic rings. The lowest BCUT2D eigenvalue weighted by molar-refractivity contribution is 0.0946. The first-order chi connectivity index (χ1) is 12.5. The summed E-state index contributed by atoms with van der Waals surface area (Å²) in [4.78, 5) is 20.8. The molecule has 0 saturated carbocycles. The summed E-state index contributed by atoms with van der Waals surface area (Å²) in [7, 11) is 0. The molecule has 5 nitrogen and oxygen atoms in total. The van der Waals surface area contributed by atoms with E-state index in [2.05, 4.69) is 20.6 Å². The highest BCUT2D eigenvalue weighted by molar-refractivity contribution is 6.31. The van der Waals surface area contributed by atoms with E-state index in [1.807, 2.05) is 43.3 Å². The minimum Gasteiger partial charge on any atom is -0.347 e. The van der Waals surface area contributed by atoms with Gasteiger partial charge in [-0.2, -0.15) is 0 Å². The molecule has 0 aliphatic rings. The van der Waals surface area contributed by atoms with Gasteiger partial charge in [-0.25, -0.2) is 9.97 Å². The van der Waals surface area contributed by atoms with E-state index in [1.54, 1.807) is 12.1 Å². The van der Waals surface area contributed by atoms with E-state index >= 15 is 0 Å². The minimum absolute atomic E-state index is 0.259. The molecule has 0 atom stereocenters. The molecule has 0 fully saturated rings. The summed E-state index contributed by atoms with van der Waals surface area (Å²) >= 11 is 12.2. The summed E-state index contributed by atoms with van der Waals surface area (Å²) in [5.74, 6) is 0.0129. The van der Waals surface area contributed by atoms with Gasteiger partial charge >= 0.3 is 0 Å². The molecule has 0 aliphatic heterocycles. The summed E-state index contributed by atoms with van der Waals surface area (Å²) in [6.07, 6.45) is 1.53. The number of carbonyl (C=O) groups excluding carboxylic acids is 1. The number of rotatable bonds is 5. The minimum atomic E-state index is -0.307. The van der Waals surface area contributed by atoms with Crippen LogP contribution in [-0.2, 0) is 6.54 Å². The number of hydrogen-bond donors (Lipinski definition) is 2. The van der Waals surface area contributed by atoms with Gasteiger partial charge in [0.25, 0.3) is 5.91 Å². The molecule has 0 aliphatic carbocycles. The van der Waals surface area contributed by atoms with E-state index in [9.17, 15) is 4.79 Å². The molecule has 7 heteroatoms. The fourth-order valence-corrected chi connectivity index (χ4v) is 2.69. The Bertz CT molecular complexity index is 946. The predicted octanol–water partition coefficient (Wildman–Crippen LogP) is 4.77. The quantitative estimate of drug-likeness (QED) is 0.662. The lowest BCUT2D eigenvalue weighted by atomic mass is 10.2. The molecule has 2 N–H and O–H groups in total. The van der Waals surface area contributed by atoms with E-state index in [0.717, 1.165) is 16.8 Å². The van der Waals surface area contributed by atoms with Gasteiger partial charge in [0.15, 0.2) is 0 Å². The molecule has 1 amide bonds. The molecule has 0 radical (unpaired) electrons. The van der Waals surface area contributed by atoms with E-state index in [-0.39, 0.29) is 11.6 Å². The van der Waals surface area contributed by atoms with Crippen LogP contribution in [0.3, 0.4) is 0 Å². The highest BCUT2D eigenvalue weighted by Crippen LogP contribution is 2.24. The van der Waals surface area contributed by atoms with Crippen molar-refractivity contribution in [2.24, 2.45) is 0 Å². The van der Waals surface area contributed by atoms with Gasteiger partial charge in [0, 0.05) is 28.5 Å². The molecular weight excluding hydrogens is 371 g/mol. The Morgan fingerprint density at radius 1 is 1.04 bits per heavy atom. The Kier molecular flexibility index (Phi) is 5.71. The SMILES string of the molecule is Cc1c(Cl)cccc1Nc1nccc(C(=O)NCc2ccccc2Cl)n1. The number of benzene rings is 2. The number of halogens is 2. The van der Waals surface area contributed by atoms with Crippen molar-refractivity contribution in [3.05, 3.63) is 81.6 Å². The van der Waals surface area contributed by atoms with E-state index in [1.165, 1.54) is 6.20 Å². The smallest absolute Gasteiger partial charge is 0.270 e. The second-order valence-corrected chi connectivity index (χ2v) is 6.39. The first kappa shape index (κ1) is 18.2. The molecular formula is C19H16Cl2N4O. The molecule has 132 valence electrons. The van der Waals surface area contributed by atoms with Gasteiger partial charge < -0.3 is 10.6 Å². The maximum absolute atomic E-state index is 12.4. The van der Waals surface area contributed by atoms with Crippen molar-refractivity contribution in [3.8, 4) is 0 Å². The van der Waals surface area contributed by atoms with Gasteiger partial charge in [0.2, 0.25) is 5.95 Å². The van der Waals surface area contributed by atoms with Crippen molar-refractivity contribution in [2.75, 3.05) is 5.32 Å². The lowest BCUT2D eigenvalue weighted by Crippen LogP contribution is -2.24. The number of hydrogen-bond acceptors (Lipinski definition) is 4. The van der Waals surface area contributed by atoms with Crippen molar-refractivity contribution in [1.29, 1.82) is 0 Å². The van der Waals surface area contributed by atoms with Crippen molar-refractivity contribution in [2.45, 2.75) is 13.5 Å². The van der Waals surface area contributed by atoms with Gasteiger partial charge in [-0.15, -0.1) is 0 Å². The maximum atomic E-state index is 12.4. The highest BCUT2D eigenvalue weighted by atomic mass is 35.5. The Hall–Kier alpha value is -2.63. The van der Waals surface area contributed by atoms with Gasteiger partial charge in [0.05, 0.1) is 0 Å². The van der Waals surface area contributed by atoms with E-state index < -0.39 is 0 Å². The standard InChI is InChI=1S/C19H16Cl2N4O/c1-12-14(20)7-4-8-16(12)24-19-22-10-9-17(25-19)18(26)23-11-13-5-2-3-6-15(13)21/h2-10H,11H2,1H3,(H,23,26)(H,22,24,25). The van der Waals surface area contributed by atoms with Crippen LogP contribution in [0.25, 0.3) is 0 Å². The van der Waals surface area contributed by atoms with Crippen LogP contribution in [0.4, 0.5) is 11.6 Å². The van der Waals surface area contributed by atoms with Gasteiger partial charge in [-0.3, -0.25) is 4.79 Å². The number of amides is 1. The van der Waals surface area contributed by atoms with Crippen LogP contribution in [-0.4, -0.2) is 15.9 Å². The molecule has 1 aromatic heterocycles. The van der Waals surface area contributed by atoms with E-state index in [4.69, 9.17) is 23.2 Å². The topological polar surface area (TPSA) is 66.9 Å². The molecule has 26 heavy (non-hydrogen) atoms. The highest BCUT2D eigenvalue weighted by Gasteiger charge is 2.10. The van der Waals surface area contributed by atoms with Crippen LogP contribution in [0.1, 0.15) is 21.6 Å². The van der Waals surface area contributed by atoms with Crippen LogP contribution in [0, 0.1) is 6.92 Å². The molecule has 0 bridgehead atoms. The first-order valence-electron chi connectivity index (χ1n) is 7.91. The average Bonchev–Trinajstić information content (AvgIpc) is 2.65. The fourth-order valence-electron chi connectivity index (χ4n) is 2.32. The normalized spacial score (nSPS) is 10.4. The molecule has 1 heterocycles. The molecule has 2 aromatic carbocycles. The third kappa shape index (κ3) is 4.31. The maximum Gasteiger partial charge on any atom is 0.270 e. The largest absolute Gasteiger partial charge is 0.347 e. The number of carbonyl (C=O) groups is 1. The summed E-state index contributed by atoms with van der Waals surface area (Å²) in [6, 6.07) is 14.4. The Morgan fingerprint density at radius 3 is 2.62 bits per heavy atom. The number of anilines is 2. The van der Waals surface area contributed by atoms with Crippen LogP contribution in [0.5, 0.6) is 0 Å². The van der Waals surface area contributed by atoms with Gasteiger partial charge in [-0.05, 0) is 42.3 Å². The van der Waals surface area contributed by atoms with Gasteiger partial charge in [-0.1, -0.05) is 47.5 Å². The predicted molar refractivity (Wildman–Crippen MR) is 104 cm³/mol. The second-order valence-electron chi connectivity index (χ2n) is 5.58. The first-order valence-corrected chi connectivity index (χ1v) is 8.67. The monoisotopic (exact) mass is 386 g/mol. The van der Waals surface area contributed by atoms with Crippen molar-refractivity contribution >= 4 is 40.7 Å². The average molecular weight is 387 g/mol. The summed E-state index contributed by atoms with van der Waals surface area (Å²) in [5, 5.41) is 7.14.